The topological polar surface area (TPSA) is 47.3 Å². The SMILES string of the molecule is CCOCC(C)(CN)Nc1ccc(Br)cc1. The second-order valence-electron chi connectivity index (χ2n) is 4.03. The summed E-state index contributed by atoms with van der Waals surface area (Å²) in [5, 5.41) is 3.40. The molecular formula is C12H19BrN2O. The molecule has 0 aromatic heterocycles. The lowest BCUT2D eigenvalue weighted by molar-refractivity contribution is 0.112. The Hall–Kier alpha value is -0.580. The number of halogens is 1. The highest BCUT2D eigenvalue weighted by Gasteiger charge is 2.22. The van der Waals surface area contributed by atoms with Crippen molar-refractivity contribution in [1.82, 2.24) is 0 Å². The van der Waals surface area contributed by atoms with Crippen LogP contribution in [0.1, 0.15) is 13.8 Å². The number of ether oxygens (including phenoxy) is 1. The van der Waals surface area contributed by atoms with Crippen molar-refractivity contribution in [2.75, 3.05) is 25.1 Å². The standard InChI is InChI=1S/C12H19BrN2O/c1-3-16-9-12(2,8-14)15-11-6-4-10(13)5-7-11/h4-7,15H,3,8-9,14H2,1-2H3. The Morgan fingerprint density at radius 2 is 2.00 bits per heavy atom. The lowest BCUT2D eigenvalue weighted by atomic mass is 10.0. The van der Waals surface area contributed by atoms with Gasteiger partial charge in [-0.2, -0.15) is 0 Å². The van der Waals surface area contributed by atoms with Gasteiger partial charge < -0.3 is 15.8 Å². The van der Waals surface area contributed by atoms with Crippen LogP contribution in [-0.2, 0) is 4.74 Å². The monoisotopic (exact) mass is 286 g/mol. The fraction of sp³-hybridized carbons (Fsp3) is 0.500. The summed E-state index contributed by atoms with van der Waals surface area (Å²) in [6, 6.07) is 8.04. The smallest absolute Gasteiger partial charge is 0.0706 e. The van der Waals surface area contributed by atoms with Crippen molar-refractivity contribution in [3.8, 4) is 0 Å². The number of hydrogen-bond acceptors (Lipinski definition) is 3. The van der Waals surface area contributed by atoms with Crippen LogP contribution in [0.4, 0.5) is 5.69 Å². The highest BCUT2D eigenvalue weighted by atomic mass is 79.9. The molecule has 0 amide bonds. The molecule has 1 unspecified atom stereocenters. The lowest BCUT2D eigenvalue weighted by Crippen LogP contribution is -2.46. The van der Waals surface area contributed by atoms with Gasteiger partial charge in [-0.25, -0.2) is 0 Å². The Balaban J connectivity index is 2.64. The van der Waals surface area contributed by atoms with E-state index in [-0.39, 0.29) is 5.54 Å². The number of benzene rings is 1. The molecule has 1 aromatic carbocycles. The highest BCUT2D eigenvalue weighted by molar-refractivity contribution is 9.10. The first-order valence-corrected chi connectivity index (χ1v) is 6.20. The van der Waals surface area contributed by atoms with Crippen LogP contribution in [0.25, 0.3) is 0 Å². The van der Waals surface area contributed by atoms with Gasteiger partial charge in [0.1, 0.15) is 0 Å². The Morgan fingerprint density at radius 1 is 1.38 bits per heavy atom. The molecule has 4 heteroatoms. The summed E-state index contributed by atoms with van der Waals surface area (Å²) >= 11 is 3.41. The summed E-state index contributed by atoms with van der Waals surface area (Å²) in [6.45, 7) is 5.89. The van der Waals surface area contributed by atoms with Crippen LogP contribution in [-0.4, -0.2) is 25.3 Å². The van der Waals surface area contributed by atoms with Gasteiger partial charge in [0.25, 0.3) is 0 Å². The van der Waals surface area contributed by atoms with Crippen molar-refractivity contribution < 1.29 is 4.74 Å². The summed E-state index contributed by atoms with van der Waals surface area (Å²) in [6.07, 6.45) is 0. The number of anilines is 1. The van der Waals surface area contributed by atoms with E-state index < -0.39 is 0 Å². The molecule has 0 heterocycles. The lowest BCUT2D eigenvalue weighted by Gasteiger charge is -2.30. The minimum atomic E-state index is -0.218. The molecule has 1 aromatic rings. The second kappa shape index (κ2) is 6.23. The van der Waals surface area contributed by atoms with Gasteiger partial charge in [-0.15, -0.1) is 0 Å². The van der Waals surface area contributed by atoms with E-state index in [2.05, 4.69) is 28.2 Å². The van der Waals surface area contributed by atoms with E-state index in [1.165, 1.54) is 0 Å². The molecule has 0 saturated heterocycles. The first kappa shape index (κ1) is 13.5. The summed E-state index contributed by atoms with van der Waals surface area (Å²) < 4.78 is 6.50. The van der Waals surface area contributed by atoms with Crippen molar-refractivity contribution in [1.29, 1.82) is 0 Å². The van der Waals surface area contributed by atoms with E-state index >= 15 is 0 Å². The summed E-state index contributed by atoms with van der Waals surface area (Å²) in [5.41, 5.74) is 6.61. The Bertz CT molecular complexity index is 315. The van der Waals surface area contributed by atoms with Crippen molar-refractivity contribution in [3.05, 3.63) is 28.7 Å². The average molecular weight is 287 g/mol. The van der Waals surface area contributed by atoms with Gasteiger partial charge in [0.05, 0.1) is 12.1 Å². The van der Waals surface area contributed by atoms with Crippen molar-refractivity contribution in [3.63, 3.8) is 0 Å². The van der Waals surface area contributed by atoms with E-state index in [1.54, 1.807) is 0 Å². The quantitative estimate of drug-likeness (QED) is 0.845. The van der Waals surface area contributed by atoms with Gasteiger partial charge in [0.15, 0.2) is 0 Å². The molecule has 1 atom stereocenters. The maximum Gasteiger partial charge on any atom is 0.0706 e. The summed E-state index contributed by atoms with van der Waals surface area (Å²) in [4.78, 5) is 0. The van der Waals surface area contributed by atoms with Crippen molar-refractivity contribution in [2.24, 2.45) is 5.73 Å². The predicted molar refractivity (Wildman–Crippen MR) is 71.7 cm³/mol. The number of rotatable bonds is 6. The van der Waals surface area contributed by atoms with E-state index in [4.69, 9.17) is 10.5 Å². The first-order valence-electron chi connectivity index (χ1n) is 5.41. The Kier molecular flexibility index (Phi) is 5.25. The summed E-state index contributed by atoms with van der Waals surface area (Å²) in [5.74, 6) is 0. The van der Waals surface area contributed by atoms with E-state index in [0.29, 0.717) is 19.8 Å². The van der Waals surface area contributed by atoms with Gasteiger partial charge >= 0.3 is 0 Å². The molecule has 1 rings (SSSR count). The predicted octanol–water partition coefficient (Wildman–Crippen LogP) is 2.61. The van der Waals surface area contributed by atoms with Crippen LogP contribution in [0, 0.1) is 0 Å². The fourth-order valence-corrected chi connectivity index (χ4v) is 1.62. The normalized spacial score (nSPS) is 14.5. The number of nitrogens with two attached hydrogens (primary N) is 1. The minimum absolute atomic E-state index is 0.218. The molecule has 0 fully saturated rings. The molecule has 3 N–H and O–H groups in total. The van der Waals surface area contributed by atoms with Gasteiger partial charge in [0.2, 0.25) is 0 Å². The van der Waals surface area contributed by atoms with Crippen molar-refractivity contribution in [2.45, 2.75) is 19.4 Å². The van der Waals surface area contributed by atoms with Crippen LogP contribution >= 0.6 is 15.9 Å². The zero-order chi connectivity index (χ0) is 12.0. The average Bonchev–Trinajstić information content (AvgIpc) is 2.30. The molecule has 90 valence electrons. The third-order valence-corrected chi connectivity index (χ3v) is 2.89. The molecule has 3 nitrogen and oxygen atoms in total. The second-order valence-corrected chi connectivity index (χ2v) is 4.95. The number of hydrogen-bond donors (Lipinski definition) is 2. The van der Waals surface area contributed by atoms with Gasteiger partial charge in [-0.05, 0) is 38.1 Å². The number of nitrogens with one attached hydrogen (secondary N) is 1. The zero-order valence-corrected chi connectivity index (χ0v) is 11.4. The maximum absolute atomic E-state index is 5.77. The van der Waals surface area contributed by atoms with E-state index in [0.717, 1.165) is 10.2 Å². The molecule has 0 spiro atoms. The molecule has 0 aliphatic carbocycles. The molecular weight excluding hydrogens is 268 g/mol. The van der Waals surface area contributed by atoms with Gasteiger partial charge in [-0.3, -0.25) is 0 Å². The fourth-order valence-electron chi connectivity index (χ4n) is 1.36. The third-order valence-electron chi connectivity index (χ3n) is 2.37. The van der Waals surface area contributed by atoms with E-state index in [1.807, 2.05) is 31.2 Å². The van der Waals surface area contributed by atoms with E-state index in [9.17, 15) is 0 Å². The van der Waals surface area contributed by atoms with Crippen LogP contribution in [0.5, 0.6) is 0 Å². The first-order chi connectivity index (χ1) is 7.59. The molecule has 0 radical (unpaired) electrons. The van der Waals surface area contributed by atoms with Crippen LogP contribution < -0.4 is 11.1 Å². The molecule has 0 aliphatic heterocycles. The zero-order valence-electron chi connectivity index (χ0n) is 9.79. The molecule has 0 aliphatic rings. The van der Waals surface area contributed by atoms with Crippen molar-refractivity contribution >= 4 is 21.6 Å². The van der Waals surface area contributed by atoms with Gasteiger partial charge in [-0.1, -0.05) is 15.9 Å². The largest absolute Gasteiger partial charge is 0.379 e. The van der Waals surface area contributed by atoms with Crippen LogP contribution in [0.15, 0.2) is 28.7 Å². The van der Waals surface area contributed by atoms with Crippen LogP contribution in [0.3, 0.4) is 0 Å². The molecule has 0 bridgehead atoms. The maximum atomic E-state index is 5.77. The Morgan fingerprint density at radius 3 is 2.50 bits per heavy atom. The minimum Gasteiger partial charge on any atom is -0.379 e. The van der Waals surface area contributed by atoms with Gasteiger partial charge in [0, 0.05) is 23.3 Å². The third kappa shape index (κ3) is 4.12. The van der Waals surface area contributed by atoms with Crippen LogP contribution in [0.2, 0.25) is 0 Å². The Labute approximate surface area is 105 Å². The summed E-state index contributed by atoms with van der Waals surface area (Å²) in [7, 11) is 0. The molecule has 0 saturated carbocycles. The molecule has 16 heavy (non-hydrogen) atoms. The highest BCUT2D eigenvalue weighted by Crippen LogP contribution is 2.18.